The summed E-state index contributed by atoms with van der Waals surface area (Å²) in [6.45, 7) is 3.82. The van der Waals surface area contributed by atoms with E-state index in [1.165, 1.54) is 5.56 Å². The van der Waals surface area contributed by atoms with E-state index in [1.54, 1.807) is 34.9 Å². The van der Waals surface area contributed by atoms with E-state index in [0.717, 1.165) is 17.4 Å². The van der Waals surface area contributed by atoms with Gasteiger partial charge in [-0.2, -0.15) is 4.31 Å². The van der Waals surface area contributed by atoms with Crippen LogP contribution in [0.1, 0.15) is 24.1 Å². The first-order valence-electron chi connectivity index (χ1n) is 9.25. The van der Waals surface area contributed by atoms with Crippen molar-refractivity contribution in [1.82, 2.24) is 14.6 Å². The van der Waals surface area contributed by atoms with E-state index in [4.69, 9.17) is 0 Å². The molecule has 0 amide bonds. The number of nitrogens with zero attached hydrogens (tertiary/aromatic N) is 2. The quantitative estimate of drug-likeness (QED) is 0.705. The van der Waals surface area contributed by atoms with Crippen molar-refractivity contribution in [2.75, 3.05) is 19.6 Å². The molecule has 28 heavy (non-hydrogen) atoms. The third-order valence-corrected chi connectivity index (χ3v) is 7.16. The normalized spacial score (nSPS) is 18.0. The number of rotatable bonds is 4. The summed E-state index contributed by atoms with van der Waals surface area (Å²) in [6.07, 6.45) is 4.31. The lowest BCUT2D eigenvalue weighted by Gasteiger charge is -2.35. The SMILES string of the molecule is CCc1ccc(C2CNCCN2S(=O)(=O)c2cccc3cnccc23)cc1.Cl. The predicted molar refractivity (Wildman–Crippen MR) is 114 cm³/mol. The molecule has 4 rings (SSSR count). The lowest BCUT2D eigenvalue weighted by molar-refractivity contribution is 0.271. The largest absolute Gasteiger partial charge is 0.313 e. The molecule has 2 aromatic carbocycles. The van der Waals surface area contributed by atoms with E-state index in [2.05, 4.69) is 29.4 Å². The maximum absolute atomic E-state index is 13.6. The van der Waals surface area contributed by atoms with Gasteiger partial charge in [0.15, 0.2) is 0 Å². The van der Waals surface area contributed by atoms with Crippen molar-refractivity contribution in [2.24, 2.45) is 0 Å². The van der Waals surface area contributed by atoms with Gasteiger partial charge in [-0.1, -0.05) is 43.3 Å². The predicted octanol–water partition coefficient (Wildman–Crippen LogP) is 3.55. The molecule has 0 radical (unpaired) electrons. The van der Waals surface area contributed by atoms with E-state index >= 15 is 0 Å². The number of hydrogen-bond acceptors (Lipinski definition) is 4. The molecule has 1 atom stereocenters. The fourth-order valence-corrected chi connectivity index (χ4v) is 5.51. The molecule has 5 nitrogen and oxygen atoms in total. The average Bonchev–Trinajstić information content (AvgIpc) is 2.73. The van der Waals surface area contributed by atoms with Gasteiger partial charge in [-0.15, -0.1) is 12.4 Å². The van der Waals surface area contributed by atoms with Crippen LogP contribution in [0.3, 0.4) is 0 Å². The van der Waals surface area contributed by atoms with Crippen molar-refractivity contribution in [3.05, 3.63) is 72.1 Å². The highest BCUT2D eigenvalue weighted by molar-refractivity contribution is 7.89. The number of aromatic nitrogens is 1. The summed E-state index contributed by atoms with van der Waals surface area (Å²) in [5.41, 5.74) is 2.27. The number of halogens is 1. The Morgan fingerprint density at radius 1 is 1.14 bits per heavy atom. The minimum atomic E-state index is -3.64. The topological polar surface area (TPSA) is 62.3 Å². The Morgan fingerprint density at radius 2 is 1.93 bits per heavy atom. The molecule has 1 unspecified atom stereocenters. The van der Waals surface area contributed by atoms with E-state index in [9.17, 15) is 8.42 Å². The smallest absolute Gasteiger partial charge is 0.244 e. The Kier molecular flexibility index (Phi) is 6.35. The number of hydrogen-bond donors (Lipinski definition) is 1. The maximum atomic E-state index is 13.6. The van der Waals surface area contributed by atoms with Gasteiger partial charge < -0.3 is 5.32 Å². The van der Waals surface area contributed by atoms with Crippen LogP contribution in [0.25, 0.3) is 10.8 Å². The fraction of sp³-hybridized carbons (Fsp3) is 0.286. The molecule has 0 bridgehead atoms. The van der Waals surface area contributed by atoms with Crippen molar-refractivity contribution >= 4 is 33.2 Å². The monoisotopic (exact) mass is 417 g/mol. The Hall–Kier alpha value is -1.99. The number of nitrogens with one attached hydrogen (secondary N) is 1. The molecule has 2 heterocycles. The Labute approximate surface area is 172 Å². The van der Waals surface area contributed by atoms with Crippen LogP contribution < -0.4 is 5.32 Å². The second-order valence-corrected chi connectivity index (χ2v) is 8.64. The van der Waals surface area contributed by atoms with Crippen LogP contribution in [-0.2, 0) is 16.4 Å². The summed E-state index contributed by atoms with van der Waals surface area (Å²) < 4.78 is 28.8. The van der Waals surface area contributed by atoms with E-state index in [0.29, 0.717) is 29.9 Å². The van der Waals surface area contributed by atoms with Crippen molar-refractivity contribution < 1.29 is 8.42 Å². The Bertz CT molecular complexity index is 1050. The van der Waals surface area contributed by atoms with Crippen LogP contribution in [-0.4, -0.2) is 37.3 Å². The molecule has 3 aromatic rings. The molecule has 1 aromatic heterocycles. The number of piperazine rings is 1. The molecule has 1 aliphatic heterocycles. The molecule has 1 fully saturated rings. The van der Waals surface area contributed by atoms with Gasteiger partial charge in [0.1, 0.15) is 0 Å². The summed E-state index contributed by atoms with van der Waals surface area (Å²) in [5, 5.41) is 4.88. The molecule has 1 N–H and O–H groups in total. The van der Waals surface area contributed by atoms with Gasteiger partial charge in [-0.3, -0.25) is 4.98 Å². The van der Waals surface area contributed by atoms with Crippen molar-refractivity contribution in [3.63, 3.8) is 0 Å². The summed E-state index contributed by atoms with van der Waals surface area (Å²) in [5.74, 6) is 0. The molecule has 0 spiro atoms. The van der Waals surface area contributed by atoms with Gasteiger partial charge >= 0.3 is 0 Å². The van der Waals surface area contributed by atoms with Crippen LogP contribution in [0.5, 0.6) is 0 Å². The fourth-order valence-electron chi connectivity index (χ4n) is 3.68. The lowest BCUT2D eigenvalue weighted by atomic mass is 10.0. The maximum Gasteiger partial charge on any atom is 0.244 e. The van der Waals surface area contributed by atoms with Crippen molar-refractivity contribution in [1.29, 1.82) is 0 Å². The Morgan fingerprint density at radius 3 is 2.68 bits per heavy atom. The number of benzene rings is 2. The van der Waals surface area contributed by atoms with E-state index in [1.807, 2.05) is 18.2 Å². The highest BCUT2D eigenvalue weighted by Gasteiger charge is 2.35. The van der Waals surface area contributed by atoms with Gasteiger partial charge in [-0.25, -0.2) is 8.42 Å². The number of sulfonamides is 1. The third kappa shape index (κ3) is 3.78. The zero-order valence-corrected chi connectivity index (χ0v) is 17.3. The van der Waals surface area contributed by atoms with Crippen LogP contribution in [0.4, 0.5) is 0 Å². The number of fused-ring (bicyclic) bond motifs is 1. The number of aryl methyl sites for hydroxylation is 1. The standard InChI is InChI=1S/C21H23N3O2S.ClH/c1-2-16-6-8-17(9-7-16)20-15-23-12-13-24(20)27(25,26)21-5-3-4-18-14-22-11-10-19(18)21;/h3-11,14,20,23H,2,12-13,15H2,1H3;1H. The zero-order chi connectivity index (χ0) is 18.9. The minimum absolute atomic E-state index is 0. The third-order valence-electron chi connectivity index (χ3n) is 5.19. The average molecular weight is 418 g/mol. The van der Waals surface area contributed by atoms with E-state index in [-0.39, 0.29) is 18.4 Å². The first-order chi connectivity index (χ1) is 13.1. The van der Waals surface area contributed by atoms with Crippen molar-refractivity contribution in [2.45, 2.75) is 24.3 Å². The van der Waals surface area contributed by atoms with Crippen LogP contribution in [0.2, 0.25) is 0 Å². The summed E-state index contributed by atoms with van der Waals surface area (Å²) in [6, 6.07) is 15.2. The molecular weight excluding hydrogens is 394 g/mol. The summed E-state index contributed by atoms with van der Waals surface area (Å²) in [4.78, 5) is 4.46. The van der Waals surface area contributed by atoms with Gasteiger partial charge in [-0.05, 0) is 29.7 Å². The number of pyridine rings is 1. The highest BCUT2D eigenvalue weighted by Crippen LogP contribution is 2.32. The minimum Gasteiger partial charge on any atom is -0.313 e. The molecule has 1 saturated heterocycles. The van der Waals surface area contributed by atoms with Crippen molar-refractivity contribution in [3.8, 4) is 0 Å². The molecule has 0 saturated carbocycles. The molecule has 0 aliphatic carbocycles. The zero-order valence-electron chi connectivity index (χ0n) is 15.7. The van der Waals surface area contributed by atoms with Gasteiger partial charge in [0, 0.05) is 42.8 Å². The Balaban J connectivity index is 0.00000225. The highest BCUT2D eigenvalue weighted by atomic mass is 35.5. The molecule has 7 heteroatoms. The van der Waals surface area contributed by atoms with Crippen LogP contribution in [0, 0.1) is 0 Å². The lowest BCUT2D eigenvalue weighted by Crippen LogP contribution is -2.48. The van der Waals surface area contributed by atoms with Gasteiger partial charge in [0.25, 0.3) is 0 Å². The van der Waals surface area contributed by atoms with E-state index < -0.39 is 10.0 Å². The van der Waals surface area contributed by atoms with Crippen LogP contribution >= 0.6 is 12.4 Å². The summed E-state index contributed by atoms with van der Waals surface area (Å²) >= 11 is 0. The second-order valence-electron chi connectivity index (χ2n) is 6.78. The molecule has 148 valence electrons. The summed E-state index contributed by atoms with van der Waals surface area (Å²) in [7, 11) is -3.64. The first kappa shape index (κ1) is 20.7. The van der Waals surface area contributed by atoms with Gasteiger partial charge in [0.05, 0.1) is 10.9 Å². The first-order valence-corrected chi connectivity index (χ1v) is 10.7. The van der Waals surface area contributed by atoms with Crippen LogP contribution in [0.15, 0.2) is 65.8 Å². The molecule has 1 aliphatic rings. The molecular formula is C21H24ClN3O2S. The van der Waals surface area contributed by atoms with Gasteiger partial charge in [0.2, 0.25) is 10.0 Å². The second kappa shape index (κ2) is 8.57.